The Morgan fingerprint density at radius 2 is 2.29 bits per heavy atom. The van der Waals surface area contributed by atoms with Crippen molar-refractivity contribution in [1.82, 2.24) is 10.2 Å². The second kappa shape index (κ2) is 6.02. The van der Waals surface area contributed by atoms with E-state index in [1.807, 2.05) is 4.90 Å². The number of carbonyl (C=O) groups is 1. The predicted molar refractivity (Wildman–Crippen MR) is 58.2 cm³/mol. The third kappa shape index (κ3) is 3.29. The molecule has 0 aliphatic carbocycles. The van der Waals surface area contributed by atoms with E-state index in [1.54, 1.807) is 0 Å². The Morgan fingerprint density at radius 3 is 2.93 bits per heavy atom. The van der Waals surface area contributed by atoms with Gasteiger partial charge in [0.2, 0.25) is 5.91 Å². The third-order valence-corrected chi connectivity index (χ3v) is 2.89. The highest BCUT2D eigenvalue weighted by Crippen LogP contribution is 2.16. The van der Waals surface area contributed by atoms with E-state index in [9.17, 15) is 4.79 Å². The van der Waals surface area contributed by atoms with Gasteiger partial charge in [0, 0.05) is 25.6 Å². The molecule has 0 bridgehead atoms. The Bertz CT molecular complexity index is 182. The maximum atomic E-state index is 11.8. The van der Waals surface area contributed by atoms with Crippen LogP contribution in [-0.2, 0) is 4.79 Å². The molecule has 0 radical (unpaired) electrons. The van der Waals surface area contributed by atoms with Crippen LogP contribution in [0.5, 0.6) is 0 Å². The predicted octanol–water partition coefficient (Wildman–Crippen LogP) is 1.39. The van der Waals surface area contributed by atoms with Gasteiger partial charge in [0.15, 0.2) is 0 Å². The van der Waals surface area contributed by atoms with Crippen LogP contribution in [0, 0.1) is 0 Å². The molecule has 1 amide bonds. The lowest BCUT2D eigenvalue weighted by Gasteiger charge is -2.33. The SMILES string of the molecule is CCNCCC(=O)N1CCCCC1C. The Hall–Kier alpha value is -0.570. The van der Waals surface area contributed by atoms with E-state index in [2.05, 4.69) is 19.2 Å². The fourth-order valence-corrected chi connectivity index (χ4v) is 1.98. The van der Waals surface area contributed by atoms with Crippen molar-refractivity contribution in [2.75, 3.05) is 19.6 Å². The first-order valence-corrected chi connectivity index (χ1v) is 5.76. The van der Waals surface area contributed by atoms with Gasteiger partial charge in [-0.3, -0.25) is 4.79 Å². The minimum absolute atomic E-state index is 0.318. The van der Waals surface area contributed by atoms with E-state index in [0.717, 1.165) is 19.6 Å². The van der Waals surface area contributed by atoms with Gasteiger partial charge in [0.25, 0.3) is 0 Å². The van der Waals surface area contributed by atoms with Crippen molar-refractivity contribution in [2.24, 2.45) is 0 Å². The minimum atomic E-state index is 0.318. The van der Waals surface area contributed by atoms with Gasteiger partial charge in [-0.25, -0.2) is 0 Å². The number of nitrogens with one attached hydrogen (secondary N) is 1. The summed E-state index contributed by atoms with van der Waals surface area (Å²) in [7, 11) is 0. The van der Waals surface area contributed by atoms with Crippen LogP contribution in [0.15, 0.2) is 0 Å². The molecule has 1 unspecified atom stereocenters. The smallest absolute Gasteiger partial charge is 0.224 e. The summed E-state index contributed by atoms with van der Waals surface area (Å²) >= 11 is 0. The van der Waals surface area contributed by atoms with E-state index >= 15 is 0 Å². The molecule has 0 aromatic carbocycles. The largest absolute Gasteiger partial charge is 0.340 e. The molecule has 1 aliphatic rings. The summed E-state index contributed by atoms with van der Waals surface area (Å²) in [6, 6.07) is 0.456. The van der Waals surface area contributed by atoms with Crippen molar-refractivity contribution in [3.05, 3.63) is 0 Å². The van der Waals surface area contributed by atoms with E-state index < -0.39 is 0 Å². The number of hydrogen-bond acceptors (Lipinski definition) is 2. The summed E-state index contributed by atoms with van der Waals surface area (Å²) in [6.07, 6.45) is 4.28. The molecule has 1 fully saturated rings. The molecule has 0 spiro atoms. The maximum Gasteiger partial charge on any atom is 0.224 e. The second-order valence-electron chi connectivity index (χ2n) is 4.04. The standard InChI is InChI=1S/C11H22N2O/c1-3-12-8-7-11(14)13-9-5-4-6-10(13)2/h10,12H,3-9H2,1-2H3. The highest BCUT2D eigenvalue weighted by Gasteiger charge is 2.22. The minimum Gasteiger partial charge on any atom is -0.340 e. The third-order valence-electron chi connectivity index (χ3n) is 2.89. The van der Waals surface area contributed by atoms with E-state index in [4.69, 9.17) is 0 Å². The van der Waals surface area contributed by atoms with Crippen molar-refractivity contribution < 1.29 is 4.79 Å². The molecule has 3 heteroatoms. The van der Waals surface area contributed by atoms with Crippen LogP contribution in [0.1, 0.15) is 39.5 Å². The average molecular weight is 198 g/mol. The van der Waals surface area contributed by atoms with Crippen LogP contribution in [0.3, 0.4) is 0 Å². The molecule has 3 nitrogen and oxygen atoms in total. The van der Waals surface area contributed by atoms with Gasteiger partial charge in [0.05, 0.1) is 0 Å². The average Bonchev–Trinajstić information content (AvgIpc) is 2.18. The number of carbonyl (C=O) groups excluding carboxylic acids is 1. The summed E-state index contributed by atoms with van der Waals surface area (Å²) < 4.78 is 0. The summed E-state index contributed by atoms with van der Waals surface area (Å²) in [5, 5.41) is 3.19. The van der Waals surface area contributed by atoms with Crippen molar-refractivity contribution in [3.8, 4) is 0 Å². The first-order valence-electron chi connectivity index (χ1n) is 5.76. The van der Waals surface area contributed by atoms with Gasteiger partial charge < -0.3 is 10.2 Å². The topological polar surface area (TPSA) is 32.3 Å². The molecule has 14 heavy (non-hydrogen) atoms. The molecule has 1 aliphatic heterocycles. The van der Waals surface area contributed by atoms with Crippen molar-refractivity contribution in [3.63, 3.8) is 0 Å². The summed E-state index contributed by atoms with van der Waals surface area (Å²) in [5.41, 5.74) is 0. The number of likely N-dealkylation sites (tertiary alicyclic amines) is 1. The van der Waals surface area contributed by atoms with Crippen molar-refractivity contribution >= 4 is 5.91 Å². The Balaban J connectivity index is 2.27. The van der Waals surface area contributed by atoms with Crippen LogP contribution >= 0.6 is 0 Å². The van der Waals surface area contributed by atoms with Crippen LogP contribution in [0.4, 0.5) is 0 Å². The van der Waals surface area contributed by atoms with Crippen LogP contribution in [0.25, 0.3) is 0 Å². The number of rotatable bonds is 4. The molecule has 0 aromatic heterocycles. The molecule has 0 aromatic rings. The fourth-order valence-electron chi connectivity index (χ4n) is 1.98. The lowest BCUT2D eigenvalue weighted by atomic mass is 10.0. The Morgan fingerprint density at radius 1 is 1.50 bits per heavy atom. The van der Waals surface area contributed by atoms with Crippen LogP contribution < -0.4 is 5.32 Å². The van der Waals surface area contributed by atoms with Gasteiger partial charge in [-0.15, -0.1) is 0 Å². The molecule has 1 heterocycles. The van der Waals surface area contributed by atoms with E-state index in [1.165, 1.54) is 19.3 Å². The lowest BCUT2D eigenvalue weighted by Crippen LogP contribution is -2.42. The number of nitrogens with zero attached hydrogens (tertiary/aromatic N) is 1. The summed E-state index contributed by atoms with van der Waals surface area (Å²) in [5.74, 6) is 0.318. The molecule has 82 valence electrons. The fraction of sp³-hybridized carbons (Fsp3) is 0.909. The molecular formula is C11H22N2O. The van der Waals surface area contributed by atoms with Crippen molar-refractivity contribution in [2.45, 2.75) is 45.6 Å². The molecule has 0 saturated carbocycles. The zero-order valence-corrected chi connectivity index (χ0v) is 9.38. The molecule has 1 atom stereocenters. The van der Waals surface area contributed by atoms with Gasteiger partial charge in [-0.05, 0) is 32.7 Å². The Kier molecular flexibility index (Phi) is 4.94. The van der Waals surface area contributed by atoms with Gasteiger partial charge in [-0.2, -0.15) is 0 Å². The van der Waals surface area contributed by atoms with Gasteiger partial charge >= 0.3 is 0 Å². The monoisotopic (exact) mass is 198 g/mol. The quantitative estimate of drug-likeness (QED) is 0.692. The summed E-state index contributed by atoms with van der Waals surface area (Å²) in [6.45, 7) is 6.95. The zero-order valence-electron chi connectivity index (χ0n) is 9.38. The highest BCUT2D eigenvalue weighted by atomic mass is 16.2. The molecule has 1 N–H and O–H groups in total. The maximum absolute atomic E-state index is 11.8. The number of hydrogen-bond donors (Lipinski definition) is 1. The van der Waals surface area contributed by atoms with Crippen LogP contribution in [0.2, 0.25) is 0 Å². The van der Waals surface area contributed by atoms with Gasteiger partial charge in [-0.1, -0.05) is 6.92 Å². The van der Waals surface area contributed by atoms with Gasteiger partial charge in [0.1, 0.15) is 0 Å². The Labute approximate surface area is 86.9 Å². The highest BCUT2D eigenvalue weighted by molar-refractivity contribution is 5.76. The first kappa shape index (κ1) is 11.5. The first-order chi connectivity index (χ1) is 6.75. The lowest BCUT2D eigenvalue weighted by molar-refractivity contribution is -0.134. The number of amides is 1. The van der Waals surface area contributed by atoms with Crippen LogP contribution in [-0.4, -0.2) is 36.5 Å². The second-order valence-corrected chi connectivity index (χ2v) is 4.04. The molecular weight excluding hydrogens is 176 g/mol. The number of piperidine rings is 1. The van der Waals surface area contributed by atoms with E-state index in [-0.39, 0.29) is 0 Å². The molecule has 1 rings (SSSR count). The normalized spacial score (nSPS) is 22.4. The molecule has 1 saturated heterocycles. The van der Waals surface area contributed by atoms with Crippen molar-refractivity contribution in [1.29, 1.82) is 0 Å². The van der Waals surface area contributed by atoms with E-state index in [0.29, 0.717) is 18.4 Å². The summed E-state index contributed by atoms with van der Waals surface area (Å²) in [4.78, 5) is 13.8. The zero-order chi connectivity index (χ0) is 10.4.